The van der Waals surface area contributed by atoms with E-state index in [1.54, 1.807) is 13.0 Å². The highest BCUT2D eigenvalue weighted by Gasteiger charge is 2.09. The Labute approximate surface area is 98.1 Å². The maximum absolute atomic E-state index is 13.7. The van der Waals surface area contributed by atoms with Crippen molar-refractivity contribution in [2.45, 2.75) is 26.8 Å². The monoisotopic (exact) mass is 236 g/mol. The Morgan fingerprint density at radius 3 is 2.88 bits per heavy atom. The van der Waals surface area contributed by atoms with E-state index in [1.165, 1.54) is 6.33 Å². The molecular formula is C11H13FN4O. The van der Waals surface area contributed by atoms with Gasteiger partial charge in [0.15, 0.2) is 11.6 Å². The van der Waals surface area contributed by atoms with Crippen LogP contribution in [0.5, 0.6) is 0 Å². The van der Waals surface area contributed by atoms with Crippen molar-refractivity contribution in [1.29, 1.82) is 0 Å². The third-order valence-corrected chi connectivity index (χ3v) is 2.31. The summed E-state index contributed by atoms with van der Waals surface area (Å²) < 4.78 is 18.7. The molecule has 0 unspecified atom stereocenters. The molecule has 0 bridgehead atoms. The quantitative estimate of drug-likeness (QED) is 0.880. The summed E-state index contributed by atoms with van der Waals surface area (Å²) in [6.07, 6.45) is 1.88. The number of halogens is 1. The molecule has 2 aromatic heterocycles. The van der Waals surface area contributed by atoms with Crippen LogP contribution < -0.4 is 5.32 Å². The summed E-state index contributed by atoms with van der Waals surface area (Å²) in [5.74, 6) is 0.506. The van der Waals surface area contributed by atoms with Crippen LogP contribution in [-0.2, 0) is 13.0 Å². The van der Waals surface area contributed by atoms with Gasteiger partial charge in [-0.1, -0.05) is 12.1 Å². The van der Waals surface area contributed by atoms with E-state index in [0.29, 0.717) is 24.4 Å². The first-order chi connectivity index (χ1) is 8.20. The Morgan fingerprint density at radius 2 is 2.24 bits per heavy atom. The number of anilines is 1. The minimum atomic E-state index is -0.407. The summed E-state index contributed by atoms with van der Waals surface area (Å²) in [4.78, 5) is 7.71. The van der Waals surface area contributed by atoms with E-state index in [9.17, 15) is 4.39 Å². The first-order valence-electron chi connectivity index (χ1n) is 5.36. The van der Waals surface area contributed by atoms with Crippen LogP contribution in [0.3, 0.4) is 0 Å². The summed E-state index contributed by atoms with van der Waals surface area (Å²) in [7, 11) is 0. The molecule has 90 valence electrons. The molecule has 0 spiro atoms. The normalized spacial score (nSPS) is 10.5. The lowest BCUT2D eigenvalue weighted by atomic mass is 10.3. The highest BCUT2D eigenvalue weighted by atomic mass is 19.1. The van der Waals surface area contributed by atoms with Gasteiger partial charge in [0, 0.05) is 6.07 Å². The number of rotatable bonds is 4. The molecule has 2 aromatic rings. The third-order valence-electron chi connectivity index (χ3n) is 2.31. The van der Waals surface area contributed by atoms with Crippen molar-refractivity contribution in [3.05, 3.63) is 35.4 Å². The third kappa shape index (κ3) is 2.58. The van der Waals surface area contributed by atoms with Crippen LogP contribution >= 0.6 is 0 Å². The van der Waals surface area contributed by atoms with Crippen LogP contribution in [0.15, 0.2) is 16.9 Å². The Bertz CT molecular complexity index is 512. The maximum Gasteiger partial charge on any atom is 0.186 e. The van der Waals surface area contributed by atoms with Gasteiger partial charge in [-0.3, -0.25) is 0 Å². The van der Waals surface area contributed by atoms with E-state index >= 15 is 0 Å². The van der Waals surface area contributed by atoms with E-state index in [2.05, 4.69) is 20.4 Å². The number of hydrogen-bond acceptors (Lipinski definition) is 5. The fourth-order valence-corrected chi connectivity index (χ4v) is 1.45. The molecule has 0 fully saturated rings. The van der Waals surface area contributed by atoms with Gasteiger partial charge < -0.3 is 9.84 Å². The molecule has 0 amide bonds. The number of nitrogens with one attached hydrogen (secondary N) is 1. The molecule has 0 aromatic carbocycles. The van der Waals surface area contributed by atoms with Gasteiger partial charge in [-0.2, -0.15) is 0 Å². The summed E-state index contributed by atoms with van der Waals surface area (Å²) in [6.45, 7) is 4.02. The molecule has 0 saturated carbocycles. The van der Waals surface area contributed by atoms with Gasteiger partial charge in [0.1, 0.15) is 17.8 Å². The molecule has 1 N–H and O–H groups in total. The van der Waals surface area contributed by atoms with Crippen molar-refractivity contribution in [2.24, 2.45) is 0 Å². The first kappa shape index (κ1) is 11.5. The SMILES string of the molecule is CCc1ncnc(NCc2cc(C)on2)c1F. The molecule has 0 aliphatic carbocycles. The average molecular weight is 236 g/mol. The number of hydrogen-bond donors (Lipinski definition) is 1. The fraction of sp³-hybridized carbons (Fsp3) is 0.364. The molecule has 2 rings (SSSR count). The Morgan fingerprint density at radius 1 is 1.41 bits per heavy atom. The topological polar surface area (TPSA) is 63.8 Å². The van der Waals surface area contributed by atoms with Crippen LogP contribution in [0.25, 0.3) is 0 Å². The molecule has 0 aliphatic rings. The molecule has 6 heteroatoms. The van der Waals surface area contributed by atoms with Crippen molar-refractivity contribution in [3.63, 3.8) is 0 Å². The molecule has 0 aliphatic heterocycles. The second-order valence-electron chi connectivity index (χ2n) is 3.62. The highest BCUT2D eigenvalue weighted by Crippen LogP contribution is 2.14. The van der Waals surface area contributed by atoms with Crippen molar-refractivity contribution in [3.8, 4) is 0 Å². The molecule has 2 heterocycles. The summed E-state index contributed by atoms with van der Waals surface area (Å²) in [5, 5.41) is 6.67. The van der Waals surface area contributed by atoms with E-state index in [1.807, 2.05) is 6.92 Å². The fourth-order valence-electron chi connectivity index (χ4n) is 1.45. The van der Waals surface area contributed by atoms with E-state index in [0.717, 1.165) is 5.76 Å². The lowest BCUT2D eigenvalue weighted by Crippen LogP contribution is -2.06. The maximum atomic E-state index is 13.7. The van der Waals surface area contributed by atoms with Gasteiger partial charge in [0.05, 0.1) is 12.2 Å². The zero-order valence-electron chi connectivity index (χ0n) is 9.70. The predicted octanol–water partition coefficient (Wildman–Crippen LogP) is 2.09. The molecular weight excluding hydrogens is 223 g/mol. The molecule has 0 radical (unpaired) electrons. The number of aromatic nitrogens is 3. The van der Waals surface area contributed by atoms with Crippen molar-refractivity contribution in [1.82, 2.24) is 15.1 Å². The van der Waals surface area contributed by atoms with Crippen molar-refractivity contribution < 1.29 is 8.91 Å². The zero-order valence-corrected chi connectivity index (χ0v) is 9.70. The van der Waals surface area contributed by atoms with Gasteiger partial charge >= 0.3 is 0 Å². The van der Waals surface area contributed by atoms with Crippen molar-refractivity contribution in [2.75, 3.05) is 5.32 Å². The van der Waals surface area contributed by atoms with E-state index in [-0.39, 0.29) is 5.82 Å². The van der Waals surface area contributed by atoms with Gasteiger partial charge in [-0.05, 0) is 13.3 Å². The standard InChI is InChI=1S/C11H13FN4O/c1-3-9-10(12)11(15-6-14-9)13-5-8-4-7(2)17-16-8/h4,6H,3,5H2,1-2H3,(H,13,14,15). The van der Waals surface area contributed by atoms with E-state index < -0.39 is 5.82 Å². The van der Waals surface area contributed by atoms with Gasteiger partial charge in [-0.15, -0.1) is 0 Å². The average Bonchev–Trinajstić information content (AvgIpc) is 2.74. The second-order valence-corrected chi connectivity index (χ2v) is 3.62. The minimum Gasteiger partial charge on any atom is -0.362 e. The minimum absolute atomic E-state index is 0.192. The molecule has 0 saturated heterocycles. The summed E-state index contributed by atoms with van der Waals surface area (Å²) in [6, 6.07) is 1.78. The lowest BCUT2D eigenvalue weighted by Gasteiger charge is -2.06. The van der Waals surface area contributed by atoms with Crippen LogP contribution in [-0.4, -0.2) is 15.1 Å². The summed E-state index contributed by atoms with van der Waals surface area (Å²) >= 11 is 0. The Kier molecular flexibility index (Phi) is 3.32. The number of aryl methyl sites for hydroxylation is 2. The number of nitrogens with zero attached hydrogens (tertiary/aromatic N) is 3. The second kappa shape index (κ2) is 4.90. The molecule has 5 nitrogen and oxygen atoms in total. The van der Waals surface area contributed by atoms with Crippen LogP contribution in [0, 0.1) is 12.7 Å². The summed E-state index contributed by atoms with van der Waals surface area (Å²) in [5.41, 5.74) is 1.11. The zero-order chi connectivity index (χ0) is 12.3. The molecule has 0 atom stereocenters. The Balaban J connectivity index is 2.09. The smallest absolute Gasteiger partial charge is 0.186 e. The Hall–Kier alpha value is -1.98. The van der Waals surface area contributed by atoms with Crippen LogP contribution in [0.1, 0.15) is 24.1 Å². The van der Waals surface area contributed by atoms with Crippen LogP contribution in [0.2, 0.25) is 0 Å². The van der Waals surface area contributed by atoms with Gasteiger partial charge in [-0.25, -0.2) is 14.4 Å². The molecule has 17 heavy (non-hydrogen) atoms. The first-order valence-corrected chi connectivity index (χ1v) is 5.36. The van der Waals surface area contributed by atoms with Crippen molar-refractivity contribution >= 4 is 5.82 Å². The predicted molar refractivity (Wildman–Crippen MR) is 59.9 cm³/mol. The lowest BCUT2D eigenvalue weighted by molar-refractivity contribution is 0.391. The van der Waals surface area contributed by atoms with Gasteiger partial charge in [0.25, 0.3) is 0 Å². The van der Waals surface area contributed by atoms with E-state index in [4.69, 9.17) is 4.52 Å². The highest BCUT2D eigenvalue weighted by molar-refractivity contribution is 5.37. The van der Waals surface area contributed by atoms with Gasteiger partial charge in [0.2, 0.25) is 0 Å². The van der Waals surface area contributed by atoms with Crippen LogP contribution in [0.4, 0.5) is 10.2 Å². The largest absolute Gasteiger partial charge is 0.362 e.